The number of rotatable bonds is 1. The number of aliphatic hydroxyl groups excluding tert-OH is 2. The van der Waals surface area contributed by atoms with Crippen molar-refractivity contribution in [3.05, 3.63) is 0 Å². The van der Waals surface area contributed by atoms with Crippen molar-refractivity contribution in [1.82, 2.24) is 4.90 Å². The van der Waals surface area contributed by atoms with E-state index in [2.05, 4.69) is 20.8 Å². The second kappa shape index (κ2) is 6.45. The van der Waals surface area contributed by atoms with Crippen LogP contribution >= 0.6 is 0 Å². The van der Waals surface area contributed by atoms with Crippen LogP contribution in [0.25, 0.3) is 0 Å². The SMILES string of the molecule is CC1C2CC[C@@H]3[C@H]([C@@H](O)C[C@]4(C)[C@@H](C(=O)N(C)C)CC[C@@H]34)[C@@]2(C)CC[C@@H]1O. The van der Waals surface area contributed by atoms with Gasteiger partial charge in [0.05, 0.1) is 12.2 Å². The largest absolute Gasteiger partial charge is 0.393 e. The summed E-state index contributed by atoms with van der Waals surface area (Å²) in [7, 11) is 3.73. The summed E-state index contributed by atoms with van der Waals surface area (Å²) in [5.74, 6) is 2.57. The van der Waals surface area contributed by atoms with Gasteiger partial charge in [-0.05, 0) is 85.4 Å². The Labute approximate surface area is 164 Å². The molecule has 4 aliphatic rings. The molecule has 2 N–H and O–H groups in total. The lowest BCUT2D eigenvalue weighted by atomic mass is 9.42. The van der Waals surface area contributed by atoms with Gasteiger partial charge in [-0.3, -0.25) is 4.79 Å². The first-order valence-corrected chi connectivity index (χ1v) is 11.2. The molecule has 4 aliphatic carbocycles. The minimum atomic E-state index is -0.318. The van der Waals surface area contributed by atoms with E-state index in [9.17, 15) is 15.0 Å². The summed E-state index contributed by atoms with van der Waals surface area (Å²) < 4.78 is 0. The van der Waals surface area contributed by atoms with E-state index in [1.165, 1.54) is 6.42 Å². The molecule has 4 fully saturated rings. The Hall–Kier alpha value is -0.610. The second-order valence-corrected chi connectivity index (χ2v) is 11.1. The van der Waals surface area contributed by atoms with Crippen LogP contribution in [0.15, 0.2) is 0 Å². The molecule has 0 heterocycles. The second-order valence-electron chi connectivity index (χ2n) is 11.1. The molecular formula is C23H39NO3. The normalized spacial score (nSPS) is 54.6. The van der Waals surface area contributed by atoms with Gasteiger partial charge in [-0.2, -0.15) is 0 Å². The maximum Gasteiger partial charge on any atom is 0.225 e. The topological polar surface area (TPSA) is 60.8 Å². The summed E-state index contributed by atoms with van der Waals surface area (Å²) in [6.07, 6.45) is 6.60. The zero-order valence-electron chi connectivity index (χ0n) is 17.8. The molecule has 4 heteroatoms. The Kier molecular flexibility index (Phi) is 4.71. The Morgan fingerprint density at radius 1 is 0.926 bits per heavy atom. The Morgan fingerprint density at radius 2 is 1.59 bits per heavy atom. The Morgan fingerprint density at radius 3 is 2.26 bits per heavy atom. The van der Waals surface area contributed by atoms with Crippen LogP contribution in [0.2, 0.25) is 0 Å². The monoisotopic (exact) mass is 377 g/mol. The van der Waals surface area contributed by atoms with Crippen molar-refractivity contribution >= 4 is 5.91 Å². The maximum absolute atomic E-state index is 12.9. The molecule has 0 aromatic rings. The van der Waals surface area contributed by atoms with Crippen LogP contribution in [0.3, 0.4) is 0 Å². The van der Waals surface area contributed by atoms with E-state index in [0.717, 1.165) is 38.5 Å². The Balaban J connectivity index is 1.66. The van der Waals surface area contributed by atoms with Gasteiger partial charge in [0.25, 0.3) is 0 Å². The molecule has 0 saturated heterocycles. The van der Waals surface area contributed by atoms with Crippen LogP contribution in [0, 0.1) is 46.3 Å². The summed E-state index contributed by atoms with van der Waals surface area (Å²) in [5, 5.41) is 21.9. The van der Waals surface area contributed by atoms with Crippen LogP contribution in [0.1, 0.15) is 65.7 Å². The number of nitrogens with zero attached hydrogens (tertiary/aromatic N) is 1. The highest BCUT2D eigenvalue weighted by molar-refractivity contribution is 5.79. The molecule has 0 spiro atoms. The minimum Gasteiger partial charge on any atom is -0.393 e. The van der Waals surface area contributed by atoms with Crippen molar-refractivity contribution in [2.45, 2.75) is 77.9 Å². The molecule has 0 aromatic carbocycles. The first-order chi connectivity index (χ1) is 12.6. The van der Waals surface area contributed by atoms with E-state index in [4.69, 9.17) is 0 Å². The van der Waals surface area contributed by atoms with E-state index in [-0.39, 0.29) is 34.9 Å². The highest BCUT2D eigenvalue weighted by Gasteiger charge is 2.64. The Bertz CT molecular complexity index is 606. The number of hydrogen-bond acceptors (Lipinski definition) is 3. The molecule has 2 unspecified atom stereocenters. The van der Waals surface area contributed by atoms with E-state index in [1.54, 1.807) is 4.90 Å². The predicted octanol–water partition coefficient (Wildman–Crippen LogP) is 3.31. The molecular weight excluding hydrogens is 338 g/mol. The van der Waals surface area contributed by atoms with Crippen LogP contribution in [0.4, 0.5) is 0 Å². The number of hydrogen-bond donors (Lipinski definition) is 2. The van der Waals surface area contributed by atoms with Crippen molar-refractivity contribution in [3.63, 3.8) is 0 Å². The lowest BCUT2D eigenvalue weighted by Crippen LogP contribution is -2.61. The highest BCUT2D eigenvalue weighted by Crippen LogP contribution is 2.68. The highest BCUT2D eigenvalue weighted by atomic mass is 16.3. The minimum absolute atomic E-state index is 0.0609. The third kappa shape index (κ3) is 2.65. The lowest BCUT2D eigenvalue weighted by molar-refractivity contribution is -0.191. The summed E-state index contributed by atoms with van der Waals surface area (Å²) >= 11 is 0. The van der Waals surface area contributed by atoms with Crippen molar-refractivity contribution in [3.8, 4) is 0 Å². The van der Waals surface area contributed by atoms with E-state index >= 15 is 0 Å². The van der Waals surface area contributed by atoms with Crippen LogP contribution in [0.5, 0.6) is 0 Å². The first kappa shape index (κ1) is 19.7. The number of amides is 1. The van der Waals surface area contributed by atoms with Crippen LogP contribution in [-0.4, -0.2) is 47.3 Å². The van der Waals surface area contributed by atoms with Crippen molar-refractivity contribution < 1.29 is 15.0 Å². The smallest absolute Gasteiger partial charge is 0.225 e. The van der Waals surface area contributed by atoms with Crippen molar-refractivity contribution in [2.24, 2.45) is 46.3 Å². The number of aliphatic hydroxyl groups is 2. The summed E-state index contributed by atoms with van der Waals surface area (Å²) in [6, 6.07) is 0. The van der Waals surface area contributed by atoms with Gasteiger partial charge >= 0.3 is 0 Å². The van der Waals surface area contributed by atoms with Crippen molar-refractivity contribution in [1.29, 1.82) is 0 Å². The molecule has 10 atom stereocenters. The van der Waals surface area contributed by atoms with E-state index in [0.29, 0.717) is 29.6 Å². The van der Waals surface area contributed by atoms with Crippen LogP contribution in [-0.2, 0) is 4.79 Å². The molecule has 0 radical (unpaired) electrons. The fraction of sp³-hybridized carbons (Fsp3) is 0.957. The average molecular weight is 378 g/mol. The van der Waals surface area contributed by atoms with E-state index in [1.807, 2.05) is 14.1 Å². The zero-order chi connectivity index (χ0) is 19.7. The van der Waals surface area contributed by atoms with Gasteiger partial charge in [-0.1, -0.05) is 20.8 Å². The lowest BCUT2D eigenvalue weighted by Gasteiger charge is -2.63. The molecule has 0 bridgehead atoms. The molecule has 154 valence electrons. The van der Waals surface area contributed by atoms with Gasteiger partial charge in [0, 0.05) is 20.0 Å². The first-order valence-electron chi connectivity index (χ1n) is 11.2. The number of carbonyl (C=O) groups excluding carboxylic acids is 1. The fourth-order valence-corrected chi connectivity index (χ4v) is 8.55. The van der Waals surface area contributed by atoms with Gasteiger partial charge in [0.15, 0.2) is 0 Å². The van der Waals surface area contributed by atoms with Crippen LogP contribution < -0.4 is 0 Å². The van der Waals surface area contributed by atoms with E-state index < -0.39 is 0 Å². The van der Waals surface area contributed by atoms with Gasteiger partial charge < -0.3 is 15.1 Å². The third-order valence-corrected chi connectivity index (χ3v) is 9.83. The summed E-state index contributed by atoms with van der Waals surface area (Å²) in [5.41, 5.74) is 0.0664. The molecule has 4 rings (SSSR count). The molecule has 4 nitrogen and oxygen atoms in total. The van der Waals surface area contributed by atoms with Gasteiger partial charge in [0.1, 0.15) is 0 Å². The molecule has 27 heavy (non-hydrogen) atoms. The molecule has 0 aliphatic heterocycles. The number of carbonyl (C=O) groups is 1. The molecule has 1 amide bonds. The molecule has 4 saturated carbocycles. The number of fused-ring (bicyclic) bond motifs is 5. The predicted molar refractivity (Wildman–Crippen MR) is 106 cm³/mol. The van der Waals surface area contributed by atoms with Gasteiger partial charge in [-0.15, -0.1) is 0 Å². The zero-order valence-corrected chi connectivity index (χ0v) is 17.8. The third-order valence-electron chi connectivity index (χ3n) is 9.83. The van der Waals surface area contributed by atoms with Crippen molar-refractivity contribution in [2.75, 3.05) is 14.1 Å². The molecule has 0 aromatic heterocycles. The average Bonchev–Trinajstić information content (AvgIpc) is 2.94. The standard InChI is InChI=1S/C23H39NO3/c1-13-15-7-6-14-16-8-9-17(21(27)24(4)5)23(16,3)12-19(26)20(14)22(15,2)11-10-18(13)25/h13-20,25-26H,6-12H2,1-5H3/t13?,14-,15?,16-,17+,18-,19-,20+,22-,23-/m0/s1. The summed E-state index contributed by atoms with van der Waals surface area (Å²) in [6.45, 7) is 6.91. The summed E-state index contributed by atoms with van der Waals surface area (Å²) in [4.78, 5) is 14.6. The fourth-order valence-electron chi connectivity index (χ4n) is 8.55. The quantitative estimate of drug-likeness (QED) is 0.737. The van der Waals surface area contributed by atoms with Gasteiger partial charge in [-0.25, -0.2) is 0 Å². The maximum atomic E-state index is 12.9. The van der Waals surface area contributed by atoms with Gasteiger partial charge in [0.2, 0.25) is 5.91 Å².